The number of hydrogen-bond acceptors (Lipinski definition) is 3. The minimum Gasteiger partial charge on any atom is -0.383 e. The quantitative estimate of drug-likeness (QED) is 0.939. The molecule has 4 nitrogen and oxygen atoms in total. The minimum absolute atomic E-state index is 0.0801. The van der Waals surface area contributed by atoms with Gasteiger partial charge in [0.2, 0.25) is 0 Å². The molecule has 0 bridgehead atoms. The zero-order valence-electron chi connectivity index (χ0n) is 9.14. The van der Waals surface area contributed by atoms with Gasteiger partial charge in [-0.15, -0.1) is 0 Å². The van der Waals surface area contributed by atoms with Crippen LogP contribution in [0.4, 0.5) is 5.69 Å². The first-order chi connectivity index (χ1) is 8.25. The Morgan fingerprint density at radius 2 is 2.18 bits per heavy atom. The molecular formula is C12H12BrN3O. The highest BCUT2D eigenvalue weighted by Crippen LogP contribution is 2.15. The topological polar surface area (TPSA) is 46.9 Å². The first-order valence-corrected chi connectivity index (χ1v) is 6.06. The Morgan fingerprint density at radius 3 is 2.94 bits per heavy atom. The lowest BCUT2D eigenvalue weighted by Gasteiger charge is -2.07. The fourth-order valence-electron chi connectivity index (χ4n) is 1.46. The van der Waals surface area contributed by atoms with E-state index in [2.05, 4.69) is 26.3 Å². The number of anilines is 1. The molecule has 0 amide bonds. The van der Waals surface area contributed by atoms with Crippen LogP contribution in [-0.4, -0.2) is 16.3 Å². The minimum atomic E-state index is -0.0801. The molecule has 2 rings (SSSR count). The van der Waals surface area contributed by atoms with E-state index in [1.165, 1.54) is 10.7 Å². The standard InChI is InChI=1S/C12H12BrN3O/c13-10-3-1-4-11(9-10)14-7-8-16-12(17)5-2-6-15-16/h1-6,9,14H,7-8H2. The average molecular weight is 294 g/mol. The van der Waals surface area contributed by atoms with Crippen LogP contribution in [0.5, 0.6) is 0 Å². The van der Waals surface area contributed by atoms with Crippen LogP contribution in [0.15, 0.2) is 51.9 Å². The second-order valence-electron chi connectivity index (χ2n) is 3.52. The number of benzene rings is 1. The molecule has 1 aromatic heterocycles. The lowest BCUT2D eigenvalue weighted by atomic mass is 10.3. The van der Waals surface area contributed by atoms with E-state index in [1.54, 1.807) is 12.3 Å². The first kappa shape index (κ1) is 11.9. The van der Waals surface area contributed by atoms with Crippen LogP contribution >= 0.6 is 15.9 Å². The molecule has 0 aliphatic heterocycles. The molecular weight excluding hydrogens is 282 g/mol. The van der Waals surface area contributed by atoms with Crippen molar-refractivity contribution in [3.63, 3.8) is 0 Å². The Bertz CT molecular complexity index is 553. The molecule has 0 fully saturated rings. The number of rotatable bonds is 4. The van der Waals surface area contributed by atoms with Gasteiger partial charge in [0.1, 0.15) is 0 Å². The van der Waals surface area contributed by atoms with Crippen LogP contribution in [0.25, 0.3) is 0 Å². The Morgan fingerprint density at radius 1 is 1.29 bits per heavy atom. The molecule has 1 aromatic carbocycles. The van der Waals surface area contributed by atoms with Gasteiger partial charge in [0, 0.05) is 29.0 Å². The molecule has 5 heteroatoms. The third kappa shape index (κ3) is 3.42. The second-order valence-corrected chi connectivity index (χ2v) is 4.44. The molecule has 0 aliphatic rings. The predicted octanol–water partition coefficient (Wildman–Crippen LogP) is 2.12. The van der Waals surface area contributed by atoms with Crippen LogP contribution in [0.1, 0.15) is 0 Å². The fraction of sp³-hybridized carbons (Fsp3) is 0.167. The third-order valence-corrected chi connectivity index (χ3v) is 2.76. The van der Waals surface area contributed by atoms with Gasteiger partial charge in [-0.1, -0.05) is 22.0 Å². The number of aromatic nitrogens is 2. The summed E-state index contributed by atoms with van der Waals surface area (Å²) < 4.78 is 2.46. The molecule has 88 valence electrons. The van der Waals surface area contributed by atoms with Gasteiger partial charge in [-0.25, -0.2) is 4.68 Å². The second kappa shape index (κ2) is 5.63. The molecule has 1 N–H and O–H groups in total. The van der Waals surface area contributed by atoms with Crippen molar-refractivity contribution in [2.24, 2.45) is 0 Å². The van der Waals surface area contributed by atoms with Crippen molar-refractivity contribution < 1.29 is 0 Å². The highest BCUT2D eigenvalue weighted by Gasteiger charge is 1.96. The van der Waals surface area contributed by atoms with Crippen molar-refractivity contribution in [2.45, 2.75) is 6.54 Å². The van der Waals surface area contributed by atoms with E-state index >= 15 is 0 Å². The van der Waals surface area contributed by atoms with E-state index in [1.807, 2.05) is 24.3 Å². The maximum atomic E-state index is 11.4. The van der Waals surface area contributed by atoms with Crippen LogP contribution in [-0.2, 0) is 6.54 Å². The molecule has 0 unspecified atom stereocenters. The van der Waals surface area contributed by atoms with Crippen molar-refractivity contribution in [3.8, 4) is 0 Å². The Hall–Kier alpha value is -1.62. The highest BCUT2D eigenvalue weighted by atomic mass is 79.9. The summed E-state index contributed by atoms with van der Waals surface area (Å²) in [4.78, 5) is 11.4. The van der Waals surface area contributed by atoms with Gasteiger partial charge in [0.05, 0.1) is 6.54 Å². The average Bonchev–Trinajstić information content (AvgIpc) is 2.32. The van der Waals surface area contributed by atoms with Crippen LogP contribution in [0.3, 0.4) is 0 Å². The van der Waals surface area contributed by atoms with Gasteiger partial charge in [-0.05, 0) is 24.3 Å². The van der Waals surface area contributed by atoms with Crippen molar-refractivity contribution >= 4 is 21.6 Å². The summed E-state index contributed by atoms with van der Waals surface area (Å²) in [5.41, 5.74) is 0.937. The lowest BCUT2D eigenvalue weighted by Crippen LogP contribution is -2.24. The van der Waals surface area contributed by atoms with Gasteiger partial charge in [-0.2, -0.15) is 5.10 Å². The zero-order valence-corrected chi connectivity index (χ0v) is 10.7. The predicted molar refractivity (Wildman–Crippen MR) is 71.1 cm³/mol. The van der Waals surface area contributed by atoms with E-state index in [0.717, 1.165) is 10.2 Å². The summed E-state index contributed by atoms with van der Waals surface area (Å²) in [5, 5.41) is 7.21. The number of hydrogen-bond donors (Lipinski definition) is 1. The summed E-state index contributed by atoms with van der Waals surface area (Å²) >= 11 is 3.40. The summed E-state index contributed by atoms with van der Waals surface area (Å²) in [6, 6.07) is 11.0. The van der Waals surface area contributed by atoms with Gasteiger partial charge < -0.3 is 5.32 Å². The van der Waals surface area contributed by atoms with Gasteiger partial charge in [0.25, 0.3) is 5.56 Å². The normalized spacial score (nSPS) is 10.2. The van der Waals surface area contributed by atoms with Gasteiger partial charge in [-0.3, -0.25) is 4.79 Å². The maximum Gasteiger partial charge on any atom is 0.266 e. The molecule has 0 atom stereocenters. The SMILES string of the molecule is O=c1cccnn1CCNc1cccc(Br)c1. The summed E-state index contributed by atoms with van der Waals surface area (Å²) in [6.45, 7) is 1.21. The number of halogens is 1. The fourth-order valence-corrected chi connectivity index (χ4v) is 1.86. The molecule has 2 aromatic rings. The molecule has 0 spiro atoms. The summed E-state index contributed by atoms with van der Waals surface area (Å²) in [6.07, 6.45) is 1.61. The molecule has 0 aliphatic carbocycles. The monoisotopic (exact) mass is 293 g/mol. The van der Waals surface area contributed by atoms with Crippen molar-refractivity contribution in [1.82, 2.24) is 9.78 Å². The largest absolute Gasteiger partial charge is 0.383 e. The Labute approximate surface area is 107 Å². The molecule has 0 radical (unpaired) electrons. The molecule has 0 saturated carbocycles. The van der Waals surface area contributed by atoms with Gasteiger partial charge in [0.15, 0.2) is 0 Å². The van der Waals surface area contributed by atoms with Crippen molar-refractivity contribution in [1.29, 1.82) is 0 Å². The van der Waals surface area contributed by atoms with Crippen molar-refractivity contribution in [2.75, 3.05) is 11.9 Å². The van der Waals surface area contributed by atoms with E-state index in [9.17, 15) is 4.79 Å². The van der Waals surface area contributed by atoms with Crippen LogP contribution in [0, 0.1) is 0 Å². The Balaban J connectivity index is 1.92. The van der Waals surface area contributed by atoms with E-state index in [0.29, 0.717) is 13.1 Å². The smallest absolute Gasteiger partial charge is 0.266 e. The lowest BCUT2D eigenvalue weighted by molar-refractivity contribution is 0.597. The molecule has 17 heavy (non-hydrogen) atoms. The maximum absolute atomic E-state index is 11.4. The van der Waals surface area contributed by atoms with Crippen LogP contribution < -0.4 is 10.9 Å². The molecule has 1 heterocycles. The summed E-state index contributed by atoms with van der Waals surface area (Å²) in [5.74, 6) is 0. The Kier molecular flexibility index (Phi) is 3.93. The summed E-state index contributed by atoms with van der Waals surface area (Å²) in [7, 11) is 0. The van der Waals surface area contributed by atoms with Crippen molar-refractivity contribution in [3.05, 3.63) is 57.4 Å². The third-order valence-electron chi connectivity index (χ3n) is 2.26. The first-order valence-electron chi connectivity index (χ1n) is 5.27. The highest BCUT2D eigenvalue weighted by molar-refractivity contribution is 9.10. The number of nitrogens with one attached hydrogen (secondary N) is 1. The van der Waals surface area contributed by atoms with E-state index in [4.69, 9.17) is 0 Å². The zero-order chi connectivity index (χ0) is 12.1. The van der Waals surface area contributed by atoms with E-state index < -0.39 is 0 Å². The number of nitrogens with zero attached hydrogens (tertiary/aromatic N) is 2. The van der Waals surface area contributed by atoms with E-state index in [-0.39, 0.29) is 5.56 Å². The molecule has 0 saturated heterocycles. The van der Waals surface area contributed by atoms with Gasteiger partial charge >= 0.3 is 0 Å². The van der Waals surface area contributed by atoms with Crippen LogP contribution in [0.2, 0.25) is 0 Å².